The van der Waals surface area contributed by atoms with Crippen LogP contribution in [0.5, 0.6) is 17.4 Å². The number of nitrogens with zero attached hydrogens (tertiary/aromatic N) is 1. The average molecular weight is 362 g/mol. The van der Waals surface area contributed by atoms with Gasteiger partial charge in [-0.15, -0.1) is 0 Å². The minimum atomic E-state index is -0.564. The van der Waals surface area contributed by atoms with Gasteiger partial charge in [0, 0.05) is 24.4 Å². The molecular weight excluding hydrogens is 342 g/mol. The Balaban J connectivity index is 2.00. The lowest BCUT2D eigenvalue weighted by molar-refractivity contribution is 0.247. The molecule has 0 aliphatic heterocycles. The van der Waals surface area contributed by atoms with Crippen molar-refractivity contribution in [1.82, 2.24) is 10.3 Å². The second kappa shape index (κ2) is 8.94. The van der Waals surface area contributed by atoms with Gasteiger partial charge in [-0.25, -0.2) is 9.78 Å². The number of carbonyl (C=O) groups excluding carboxylic acids is 1. The Kier molecular flexibility index (Phi) is 6.65. The highest BCUT2D eigenvalue weighted by molar-refractivity contribution is 6.32. The molecule has 1 aromatic carbocycles. The third-order valence-corrected chi connectivity index (χ3v) is 3.43. The van der Waals surface area contributed by atoms with Gasteiger partial charge < -0.3 is 20.5 Å². The van der Waals surface area contributed by atoms with E-state index in [1.165, 1.54) is 0 Å². The zero-order valence-corrected chi connectivity index (χ0v) is 14.8. The maximum Gasteiger partial charge on any atom is 0.312 e. The van der Waals surface area contributed by atoms with Crippen LogP contribution in [0, 0.1) is 0 Å². The first-order valence-corrected chi connectivity index (χ1v) is 8.16. The lowest BCUT2D eigenvalue weighted by atomic mass is 10.2. The Bertz CT molecular complexity index is 748. The number of aromatic nitrogens is 1. The number of benzene rings is 1. The van der Waals surface area contributed by atoms with Crippen molar-refractivity contribution in [3.63, 3.8) is 0 Å². The fourth-order valence-corrected chi connectivity index (χ4v) is 2.22. The number of halogens is 1. The third kappa shape index (κ3) is 6.00. The van der Waals surface area contributed by atoms with Crippen molar-refractivity contribution in [3.8, 4) is 17.4 Å². The summed E-state index contributed by atoms with van der Waals surface area (Å²) in [7, 11) is 0. The molecule has 0 saturated carbocycles. The monoisotopic (exact) mass is 361 g/mol. The van der Waals surface area contributed by atoms with Gasteiger partial charge in [0.05, 0.1) is 11.6 Å². The SMILES string of the molecule is CCOc1ccc(Oc2ccc(/C=C/[C@H](C)NC(N)=O)cn2)c(Cl)c1. The Labute approximate surface area is 151 Å². The van der Waals surface area contributed by atoms with Crippen LogP contribution in [0.4, 0.5) is 4.79 Å². The first-order chi connectivity index (χ1) is 12.0. The topological polar surface area (TPSA) is 86.5 Å². The highest BCUT2D eigenvalue weighted by Crippen LogP contribution is 2.31. The summed E-state index contributed by atoms with van der Waals surface area (Å²) in [6, 6.07) is 8.07. The highest BCUT2D eigenvalue weighted by atomic mass is 35.5. The number of nitrogens with two attached hydrogens (primary N) is 1. The van der Waals surface area contributed by atoms with Crippen molar-refractivity contribution in [2.75, 3.05) is 6.61 Å². The van der Waals surface area contributed by atoms with E-state index in [1.807, 2.05) is 32.1 Å². The van der Waals surface area contributed by atoms with Gasteiger partial charge in [0.1, 0.15) is 11.5 Å². The zero-order chi connectivity index (χ0) is 18.2. The Hall–Kier alpha value is -2.73. The van der Waals surface area contributed by atoms with Crippen molar-refractivity contribution in [2.45, 2.75) is 19.9 Å². The number of nitrogens with one attached hydrogen (secondary N) is 1. The van der Waals surface area contributed by atoms with Crippen molar-refractivity contribution < 1.29 is 14.3 Å². The summed E-state index contributed by atoms with van der Waals surface area (Å²) >= 11 is 6.18. The van der Waals surface area contributed by atoms with Crippen LogP contribution < -0.4 is 20.5 Å². The smallest absolute Gasteiger partial charge is 0.312 e. The van der Waals surface area contributed by atoms with E-state index in [9.17, 15) is 4.79 Å². The van der Waals surface area contributed by atoms with E-state index in [1.54, 1.807) is 30.5 Å². The number of pyridine rings is 1. The summed E-state index contributed by atoms with van der Waals surface area (Å²) in [4.78, 5) is 15.0. The number of carbonyl (C=O) groups is 1. The highest BCUT2D eigenvalue weighted by Gasteiger charge is 2.06. The summed E-state index contributed by atoms with van der Waals surface area (Å²) in [5.41, 5.74) is 5.93. The number of hydrogen-bond acceptors (Lipinski definition) is 4. The van der Waals surface area contributed by atoms with Gasteiger partial charge in [-0.2, -0.15) is 0 Å². The van der Waals surface area contributed by atoms with Crippen molar-refractivity contribution in [2.24, 2.45) is 5.73 Å². The zero-order valence-electron chi connectivity index (χ0n) is 14.0. The summed E-state index contributed by atoms with van der Waals surface area (Å²) in [6.07, 6.45) is 5.30. The average Bonchev–Trinajstić information content (AvgIpc) is 2.56. The molecule has 0 radical (unpaired) electrons. The van der Waals surface area contributed by atoms with Crippen LogP contribution in [0.1, 0.15) is 19.4 Å². The van der Waals surface area contributed by atoms with E-state index < -0.39 is 6.03 Å². The molecule has 0 fully saturated rings. The summed E-state index contributed by atoms with van der Waals surface area (Å²) in [5, 5.41) is 3.01. The van der Waals surface area contributed by atoms with Crippen LogP contribution in [0.15, 0.2) is 42.6 Å². The Morgan fingerprint density at radius 2 is 2.20 bits per heavy atom. The molecule has 3 N–H and O–H groups in total. The van der Waals surface area contributed by atoms with Crippen LogP contribution in [0.3, 0.4) is 0 Å². The van der Waals surface area contributed by atoms with Crippen molar-refractivity contribution >= 4 is 23.7 Å². The Morgan fingerprint density at radius 3 is 2.80 bits per heavy atom. The number of rotatable bonds is 7. The van der Waals surface area contributed by atoms with E-state index in [2.05, 4.69) is 10.3 Å². The predicted molar refractivity (Wildman–Crippen MR) is 98.1 cm³/mol. The second-order valence-electron chi connectivity index (χ2n) is 5.21. The molecule has 1 aromatic heterocycles. The van der Waals surface area contributed by atoms with Crippen LogP contribution >= 0.6 is 11.6 Å². The first-order valence-electron chi connectivity index (χ1n) is 7.78. The quantitative estimate of drug-likeness (QED) is 0.780. The molecule has 0 saturated heterocycles. The molecule has 1 heterocycles. The minimum Gasteiger partial charge on any atom is -0.494 e. The van der Waals surface area contributed by atoms with E-state index in [0.717, 1.165) is 5.56 Å². The molecule has 0 bridgehead atoms. The van der Waals surface area contributed by atoms with Gasteiger partial charge in [-0.1, -0.05) is 23.8 Å². The number of ether oxygens (including phenoxy) is 2. The van der Waals surface area contributed by atoms with E-state index in [4.69, 9.17) is 26.8 Å². The molecule has 2 rings (SSSR count). The molecule has 6 nitrogen and oxygen atoms in total. The molecule has 0 aliphatic carbocycles. The molecular formula is C18H20ClN3O3. The molecule has 0 unspecified atom stereocenters. The summed E-state index contributed by atoms with van der Waals surface area (Å²) < 4.78 is 11.1. The van der Waals surface area contributed by atoms with Crippen LogP contribution in [-0.2, 0) is 0 Å². The molecule has 7 heteroatoms. The van der Waals surface area contributed by atoms with Crippen molar-refractivity contribution in [1.29, 1.82) is 0 Å². The second-order valence-corrected chi connectivity index (χ2v) is 5.62. The lowest BCUT2D eigenvalue weighted by Gasteiger charge is -2.09. The van der Waals surface area contributed by atoms with Gasteiger partial charge in [0.25, 0.3) is 0 Å². The lowest BCUT2D eigenvalue weighted by Crippen LogP contribution is -2.35. The summed E-state index contributed by atoms with van der Waals surface area (Å²) in [5.74, 6) is 1.61. The molecule has 1 atom stereocenters. The van der Waals surface area contributed by atoms with E-state index >= 15 is 0 Å². The van der Waals surface area contributed by atoms with Gasteiger partial charge in [-0.05, 0) is 37.6 Å². The molecule has 25 heavy (non-hydrogen) atoms. The van der Waals surface area contributed by atoms with E-state index in [0.29, 0.717) is 29.0 Å². The largest absolute Gasteiger partial charge is 0.494 e. The Morgan fingerprint density at radius 1 is 1.40 bits per heavy atom. The van der Waals surface area contributed by atoms with E-state index in [-0.39, 0.29) is 6.04 Å². The molecule has 2 aromatic rings. The van der Waals surface area contributed by atoms with Crippen LogP contribution in [-0.4, -0.2) is 23.7 Å². The molecule has 2 amide bonds. The summed E-state index contributed by atoms with van der Waals surface area (Å²) in [6.45, 7) is 4.30. The van der Waals surface area contributed by atoms with Gasteiger partial charge in [0.15, 0.2) is 0 Å². The fraction of sp³-hybridized carbons (Fsp3) is 0.222. The number of urea groups is 1. The number of hydrogen-bond donors (Lipinski definition) is 2. The third-order valence-electron chi connectivity index (χ3n) is 3.14. The van der Waals surface area contributed by atoms with Crippen LogP contribution in [0.25, 0.3) is 6.08 Å². The number of amides is 2. The molecule has 0 spiro atoms. The van der Waals surface area contributed by atoms with Crippen molar-refractivity contribution in [3.05, 3.63) is 53.2 Å². The normalized spacial score (nSPS) is 12.0. The number of primary amides is 1. The van der Waals surface area contributed by atoms with Gasteiger partial charge >= 0.3 is 6.03 Å². The van der Waals surface area contributed by atoms with Gasteiger partial charge in [0.2, 0.25) is 5.88 Å². The molecule has 0 aliphatic rings. The fourth-order valence-electron chi connectivity index (χ4n) is 2.01. The first kappa shape index (κ1) is 18.6. The maximum atomic E-state index is 10.8. The van der Waals surface area contributed by atoms with Gasteiger partial charge in [-0.3, -0.25) is 0 Å². The minimum absolute atomic E-state index is 0.170. The standard InChI is InChI=1S/C18H20ClN3O3/c1-3-24-14-7-8-16(15(19)10-14)25-17-9-6-13(11-21-17)5-4-12(2)22-18(20)23/h4-12H,3H2,1-2H3,(H3,20,22,23)/b5-4+/t12-/m0/s1. The maximum absolute atomic E-state index is 10.8. The van der Waals surface area contributed by atoms with Crippen LogP contribution in [0.2, 0.25) is 5.02 Å². The molecule has 132 valence electrons. The predicted octanol–water partition coefficient (Wildman–Crippen LogP) is 4.00.